The van der Waals surface area contributed by atoms with Crippen molar-refractivity contribution in [1.82, 2.24) is 15.1 Å². The van der Waals surface area contributed by atoms with E-state index in [9.17, 15) is 4.79 Å². The van der Waals surface area contributed by atoms with Crippen LogP contribution in [0.1, 0.15) is 39.0 Å². The summed E-state index contributed by atoms with van der Waals surface area (Å²) >= 11 is 0. The van der Waals surface area contributed by atoms with Gasteiger partial charge < -0.3 is 15.0 Å². The fourth-order valence-corrected chi connectivity index (χ4v) is 3.39. The molecule has 2 atom stereocenters. The summed E-state index contributed by atoms with van der Waals surface area (Å²) in [6, 6.07) is 0.209. The largest absolute Gasteiger partial charge is 0.376 e. The van der Waals surface area contributed by atoms with E-state index >= 15 is 0 Å². The van der Waals surface area contributed by atoms with Gasteiger partial charge in [-0.05, 0) is 46.3 Å². The smallest absolute Gasteiger partial charge is 0.234 e. The average Bonchev–Trinajstić information content (AvgIpc) is 2.66. The maximum Gasteiger partial charge on any atom is 0.234 e. The molecule has 2 aliphatic rings. The lowest BCUT2D eigenvalue weighted by Crippen LogP contribution is -2.49. The van der Waals surface area contributed by atoms with E-state index in [4.69, 9.17) is 4.74 Å². The summed E-state index contributed by atoms with van der Waals surface area (Å²) in [7, 11) is 2.15. The number of carbonyl (C=O) groups is 1. The highest BCUT2D eigenvalue weighted by atomic mass is 16.5. The molecule has 1 N–H and O–H groups in total. The van der Waals surface area contributed by atoms with E-state index < -0.39 is 0 Å². The third-order valence-electron chi connectivity index (χ3n) is 4.61. The lowest BCUT2D eigenvalue weighted by atomic mass is 9.92. The van der Waals surface area contributed by atoms with Crippen LogP contribution in [0, 0.1) is 0 Å². The first-order valence-electron chi connectivity index (χ1n) is 8.51. The lowest BCUT2D eigenvalue weighted by molar-refractivity contribution is -0.124. The highest BCUT2D eigenvalue weighted by molar-refractivity contribution is 5.78. The van der Waals surface area contributed by atoms with Gasteiger partial charge in [-0.3, -0.25) is 9.69 Å². The van der Waals surface area contributed by atoms with Crippen molar-refractivity contribution >= 4 is 5.91 Å². The molecule has 2 fully saturated rings. The van der Waals surface area contributed by atoms with Gasteiger partial charge in [-0.1, -0.05) is 12.8 Å². The molecule has 1 aliphatic carbocycles. The minimum Gasteiger partial charge on any atom is -0.376 e. The van der Waals surface area contributed by atoms with Crippen molar-refractivity contribution < 1.29 is 9.53 Å². The van der Waals surface area contributed by atoms with Gasteiger partial charge in [0.25, 0.3) is 0 Å². The second-order valence-electron chi connectivity index (χ2n) is 6.39. The molecule has 2 unspecified atom stereocenters. The van der Waals surface area contributed by atoms with Crippen LogP contribution in [0.5, 0.6) is 0 Å². The molecule has 0 aromatic rings. The molecule has 0 aromatic heterocycles. The lowest BCUT2D eigenvalue weighted by Gasteiger charge is -2.32. The number of amides is 1. The van der Waals surface area contributed by atoms with Crippen molar-refractivity contribution in [3.05, 3.63) is 0 Å². The summed E-state index contributed by atoms with van der Waals surface area (Å²) < 4.78 is 5.79. The van der Waals surface area contributed by atoms with Gasteiger partial charge >= 0.3 is 0 Å². The van der Waals surface area contributed by atoms with Gasteiger partial charge in [0, 0.05) is 19.7 Å². The van der Waals surface area contributed by atoms with E-state index in [0.717, 1.165) is 52.0 Å². The second-order valence-corrected chi connectivity index (χ2v) is 6.39. The molecule has 2 rings (SSSR count). The van der Waals surface area contributed by atoms with Crippen LogP contribution in [0.25, 0.3) is 0 Å². The molecular weight excluding hydrogens is 266 g/mol. The Morgan fingerprint density at radius 2 is 1.95 bits per heavy atom. The van der Waals surface area contributed by atoms with E-state index in [1.165, 1.54) is 12.8 Å². The van der Waals surface area contributed by atoms with Crippen LogP contribution in [0.2, 0.25) is 0 Å². The maximum absolute atomic E-state index is 12.3. The monoisotopic (exact) mass is 297 g/mol. The first kappa shape index (κ1) is 16.7. The van der Waals surface area contributed by atoms with Gasteiger partial charge in [0.2, 0.25) is 5.91 Å². The molecule has 1 heterocycles. The standard InChI is InChI=1S/C16H31N3O2/c1-3-21-15-8-5-4-7-14(15)17-16(20)13-19-10-6-9-18(2)11-12-19/h14-15H,3-13H2,1-2H3,(H,17,20). The topological polar surface area (TPSA) is 44.8 Å². The minimum atomic E-state index is 0.163. The van der Waals surface area contributed by atoms with Crippen molar-refractivity contribution in [2.45, 2.75) is 51.2 Å². The summed E-state index contributed by atoms with van der Waals surface area (Å²) in [5.74, 6) is 0.163. The van der Waals surface area contributed by atoms with Crippen LogP contribution in [0.4, 0.5) is 0 Å². The highest BCUT2D eigenvalue weighted by Crippen LogP contribution is 2.21. The molecule has 5 heteroatoms. The first-order chi connectivity index (χ1) is 10.2. The molecule has 1 saturated heterocycles. The van der Waals surface area contributed by atoms with Gasteiger partial charge in [0.05, 0.1) is 18.7 Å². The maximum atomic E-state index is 12.3. The Balaban J connectivity index is 1.77. The Kier molecular flexibility index (Phi) is 6.93. The molecule has 1 aliphatic heterocycles. The number of hydrogen-bond acceptors (Lipinski definition) is 4. The van der Waals surface area contributed by atoms with Gasteiger partial charge in [0.15, 0.2) is 0 Å². The molecule has 21 heavy (non-hydrogen) atoms. The summed E-state index contributed by atoms with van der Waals surface area (Å²) in [5.41, 5.74) is 0. The fraction of sp³-hybridized carbons (Fsp3) is 0.938. The molecule has 0 radical (unpaired) electrons. The highest BCUT2D eigenvalue weighted by Gasteiger charge is 2.27. The van der Waals surface area contributed by atoms with Gasteiger partial charge in [-0.25, -0.2) is 0 Å². The summed E-state index contributed by atoms with van der Waals surface area (Å²) in [4.78, 5) is 16.9. The molecule has 0 bridgehead atoms. The van der Waals surface area contributed by atoms with E-state index in [0.29, 0.717) is 6.54 Å². The number of nitrogens with zero attached hydrogens (tertiary/aromatic N) is 2. The molecular formula is C16H31N3O2. The predicted molar refractivity (Wildman–Crippen MR) is 84.4 cm³/mol. The Bertz CT molecular complexity index is 323. The number of ether oxygens (including phenoxy) is 1. The van der Waals surface area contributed by atoms with E-state index in [2.05, 4.69) is 22.2 Å². The number of carbonyl (C=O) groups excluding carboxylic acids is 1. The Morgan fingerprint density at radius 1 is 1.14 bits per heavy atom. The summed E-state index contributed by atoms with van der Waals surface area (Å²) in [5, 5.41) is 3.21. The van der Waals surface area contributed by atoms with Crippen molar-refractivity contribution in [2.24, 2.45) is 0 Å². The molecule has 122 valence electrons. The van der Waals surface area contributed by atoms with E-state index in [1.807, 2.05) is 6.92 Å². The zero-order valence-electron chi connectivity index (χ0n) is 13.6. The van der Waals surface area contributed by atoms with E-state index in [1.54, 1.807) is 0 Å². The Hall–Kier alpha value is -0.650. The average molecular weight is 297 g/mol. The molecule has 1 saturated carbocycles. The van der Waals surface area contributed by atoms with Gasteiger partial charge in [-0.2, -0.15) is 0 Å². The van der Waals surface area contributed by atoms with Crippen LogP contribution in [0.15, 0.2) is 0 Å². The van der Waals surface area contributed by atoms with Crippen molar-refractivity contribution in [2.75, 3.05) is 46.4 Å². The molecule has 0 aromatic carbocycles. The van der Waals surface area contributed by atoms with Crippen molar-refractivity contribution in [3.63, 3.8) is 0 Å². The number of likely N-dealkylation sites (N-methyl/N-ethyl adjacent to an activating group) is 1. The zero-order valence-corrected chi connectivity index (χ0v) is 13.6. The Labute approximate surface area is 129 Å². The molecule has 1 amide bonds. The SMILES string of the molecule is CCOC1CCCCC1NC(=O)CN1CCCN(C)CC1. The number of hydrogen-bond donors (Lipinski definition) is 1. The van der Waals surface area contributed by atoms with Crippen molar-refractivity contribution in [3.8, 4) is 0 Å². The van der Waals surface area contributed by atoms with Crippen LogP contribution in [0.3, 0.4) is 0 Å². The van der Waals surface area contributed by atoms with E-state index in [-0.39, 0.29) is 18.1 Å². The normalized spacial score (nSPS) is 29.0. The molecule has 0 spiro atoms. The fourth-order valence-electron chi connectivity index (χ4n) is 3.39. The van der Waals surface area contributed by atoms with Gasteiger partial charge in [-0.15, -0.1) is 0 Å². The first-order valence-corrected chi connectivity index (χ1v) is 8.51. The van der Waals surface area contributed by atoms with Crippen LogP contribution >= 0.6 is 0 Å². The minimum absolute atomic E-state index is 0.163. The van der Waals surface area contributed by atoms with Crippen molar-refractivity contribution in [1.29, 1.82) is 0 Å². The van der Waals surface area contributed by atoms with Crippen LogP contribution < -0.4 is 5.32 Å². The van der Waals surface area contributed by atoms with Crippen LogP contribution in [-0.2, 0) is 9.53 Å². The third kappa shape index (κ3) is 5.57. The number of nitrogens with one attached hydrogen (secondary N) is 1. The Morgan fingerprint density at radius 3 is 2.76 bits per heavy atom. The second kappa shape index (κ2) is 8.71. The summed E-state index contributed by atoms with van der Waals surface area (Å²) in [6.45, 7) is 7.49. The zero-order chi connectivity index (χ0) is 15.1. The molecule has 5 nitrogen and oxygen atoms in total. The quantitative estimate of drug-likeness (QED) is 0.825. The third-order valence-corrected chi connectivity index (χ3v) is 4.61. The predicted octanol–water partition coefficient (Wildman–Crippen LogP) is 1.09. The summed E-state index contributed by atoms with van der Waals surface area (Å²) in [6.07, 6.45) is 5.91. The number of rotatable bonds is 5. The van der Waals surface area contributed by atoms with Gasteiger partial charge in [0.1, 0.15) is 0 Å². The van der Waals surface area contributed by atoms with Crippen LogP contribution in [-0.4, -0.2) is 74.2 Å².